The molecule has 53 heavy (non-hydrogen) atoms. The van der Waals surface area contributed by atoms with Crippen LogP contribution in [0.4, 0.5) is 14.6 Å². The summed E-state index contributed by atoms with van der Waals surface area (Å²) in [7, 11) is 3.83. The van der Waals surface area contributed by atoms with E-state index in [9.17, 15) is 18.4 Å². The van der Waals surface area contributed by atoms with Gasteiger partial charge in [0.25, 0.3) is 11.1 Å². The van der Waals surface area contributed by atoms with Crippen LogP contribution in [-0.4, -0.2) is 48.1 Å². The van der Waals surface area contributed by atoms with Gasteiger partial charge in [0.05, 0.1) is 35.7 Å². The van der Waals surface area contributed by atoms with Crippen molar-refractivity contribution in [2.24, 2.45) is 0 Å². The number of pyridine rings is 3. The first-order valence-electron chi connectivity index (χ1n) is 16.6. The van der Waals surface area contributed by atoms with E-state index < -0.39 is 0 Å². The Morgan fingerprint density at radius 2 is 1.19 bits per heavy atom. The molecule has 0 fully saturated rings. The lowest BCUT2D eigenvalue weighted by molar-refractivity contribution is 0.595. The van der Waals surface area contributed by atoms with Crippen LogP contribution in [-0.2, 0) is 13.1 Å². The largest absolute Gasteiger partial charge is 0.363 e. The second kappa shape index (κ2) is 15.1. The van der Waals surface area contributed by atoms with Crippen LogP contribution in [0.2, 0.25) is 0 Å². The summed E-state index contributed by atoms with van der Waals surface area (Å²) < 4.78 is 32.0. The maximum Gasteiger partial charge on any atom is 0.263 e. The smallest absolute Gasteiger partial charge is 0.263 e. The Hall–Kier alpha value is -6.95. The Kier molecular flexibility index (Phi) is 9.84. The molecule has 0 saturated heterocycles. The Morgan fingerprint density at radius 3 is 1.83 bits per heavy atom. The number of fused-ring (bicyclic) bond motifs is 2. The van der Waals surface area contributed by atoms with Crippen LogP contribution < -0.4 is 16.0 Å². The number of anilines is 1. The average Bonchev–Trinajstić information content (AvgIpc) is 3.19. The fraction of sp³-hybridized carbons (Fsp3) is 0.0976. The van der Waals surface area contributed by atoms with E-state index in [-0.39, 0.29) is 35.8 Å². The summed E-state index contributed by atoms with van der Waals surface area (Å²) in [6.45, 7) is 0.236. The van der Waals surface area contributed by atoms with Crippen LogP contribution in [0.1, 0.15) is 11.1 Å². The van der Waals surface area contributed by atoms with E-state index in [0.29, 0.717) is 33.1 Å². The number of nitrogens with zero attached hydrogens (tertiary/aromatic N) is 8. The minimum absolute atomic E-state index is 0.110. The highest BCUT2D eigenvalue weighted by Crippen LogP contribution is 2.24. The summed E-state index contributed by atoms with van der Waals surface area (Å²) in [5.41, 5.74) is 4.67. The van der Waals surface area contributed by atoms with Crippen molar-refractivity contribution in [1.29, 1.82) is 0 Å². The SMILES string of the molecule is CN(C)c1ccc(-c2ccc(Cn3cnc4ccccc4c3=O)c(F)c2)cn1.O=c1c2cccnc2ncn1Cc1ccc(-c2ccncc2)cc1F. The predicted molar refractivity (Wildman–Crippen MR) is 202 cm³/mol. The molecule has 8 aromatic rings. The number of hydrogen-bond acceptors (Lipinski definition) is 8. The summed E-state index contributed by atoms with van der Waals surface area (Å²) in [6.07, 6.45) is 9.49. The van der Waals surface area contributed by atoms with Gasteiger partial charge >= 0.3 is 0 Å². The third-order valence-electron chi connectivity index (χ3n) is 8.67. The van der Waals surface area contributed by atoms with Crippen LogP contribution in [0.15, 0.2) is 144 Å². The first kappa shape index (κ1) is 34.5. The van der Waals surface area contributed by atoms with E-state index in [4.69, 9.17) is 0 Å². The molecular weight excluding hydrogens is 675 g/mol. The van der Waals surface area contributed by atoms with Crippen molar-refractivity contribution in [3.05, 3.63) is 178 Å². The predicted octanol–water partition coefficient (Wildman–Crippen LogP) is 6.75. The normalized spacial score (nSPS) is 10.9. The van der Waals surface area contributed by atoms with Crippen LogP contribution >= 0.6 is 0 Å². The molecule has 0 aliphatic carbocycles. The van der Waals surface area contributed by atoms with E-state index in [2.05, 4.69) is 24.9 Å². The maximum absolute atomic E-state index is 14.7. The zero-order chi connectivity index (χ0) is 36.9. The Labute approximate surface area is 302 Å². The molecule has 8 rings (SSSR count). The minimum Gasteiger partial charge on any atom is -0.363 e. The topological polar surface area (TPSA) is 112 Å². The molecule has 0 amide bonds. The molecule has 0 atom stereocenters. The van der Waals surface area contributed by atoms with Crippen LogP contribution in [0.3, 0.4) is 0 Å². The molecule has 5 aromatic heterocycles. The van der Waals surface area contributed by atoms with Gasteiger partial charge in [0.15, 0.2) is 5.65 Å². The maximum atomic E-state index is 14.7. The lowest BCUT2D eigenvalue weighted by Gasteiger charge is -2.12. The Morgan fingerprint density at radius 1 is 0.585 bits per heavy atom. The highest BCUT2D eigenvalue weighted by Gasteiger charge is 2.11. The standard InChI is InChI=1S/C22H19FN4O.C19H13FN4O/c1-26(2)21-10-9-16(12-24-21)15-7-8-17(19(23)11-15)13-27-14-25-20-6-4-3-5-18(20)22(27)28;20-17-10-14(13-5-8-21-9-6-13)3-4-15(17)11-24-12-23-18-16(19(24)25)2-1-7-22-18/h3-12,14H,13H2,1-2H3;1-10,12H,11H2. The Bertz CT molecular complexity index is 2680. The molecule has 0 radical (unpaired) electrons. The second-order valence-corrected chi connectivity index (χ2v) is 12.4. The van der Waals surface area contributed by atoms with Crippen molar-refractivity contribution >= 4 is 27.8 Å². The van der Waals surface area contributed by atoms with Gasteiger partial charge in [-0.1, -0.05) is 36.4 Å². The summed E-state index contributed by atoms with van der Waals surface area (Å²) in [5.74, 6) is 0.103. The quantitative estimate of drug-likeness (QED) is 0.179. The van der Waals surface area contributed by atoms with E-state index in [1.54, 1.807) is 67.3 Å². The van der Waals surface area contributed by atoms with Gasteiger partial charge in [-0.05, 0) is 77.4 Å². The van der Waals surface area contributed by atoms with Gasteiger partial charge in [-0.3, -0.25) is 23.7 Å². The van der Waals surface area contributed by atoms with E-state index in [0.717, 1.165) is 28.1 Å². The van der Waals surface area contributed by atoms with Gasteiger partial charge in [-0.25, -0.2) is 28.7 Å². The van der Waals surface area contributed by atoms with Crippen LogP contribution in [0.25, 0.3) is 44.2 Å². The second-order valence-electron chi connectivity index (χ2n) is 12.4. The van der Waals surface area contributed by atoms with E-state index >= 15 is 0 Å². The minimum atomic E-state index is -0.368. The summed E-state index contributed by atoms with van der Waals surface area (Å²) in [5, 5.41) is 0.938. The number of para-hydroxylation sites is 1. The Balaban J connectivity index is 0.000000165. The average molecular weight is 707 g/mol. The molecular formula is C41H32F2N8O2. The van der Waals surface area contributed by atoms with E-state index in [1.807, 2.05) is 61.5 Å². The molecule has 0 bridgehead atoms. The molecule has 0 spiro atoms. The van der Waals surface area contributed by atoms with Crippen molar-refractivity contribution in [3.8, 4) is 22.3 Å². The summed E-state index contributed by atoms with van der Waals surface area (Å²) >= 11 is 0. The molecule has 5 heterocycles. The van der Waals surface area contributed by atoms with Gasteiger partial charge in [0.1, 0.15) is 23.8 Å². The fourth-order valence-electron chi connectivity index (χ4n) is 5.77. The zero-order valence-electron chi connectivity index (χ0n) is 28.8. The van der Waals surface area contributed by atoms with Crippen LogP contribution in [0.5, 0.6) is 0 Å². The molecule has 0 unspecified atom stereocenters. The highest BCUT2D eigenvalue weighted by molar-refractivity contribution is 5.77. The van der Waals surface area contributed by atoms with E-state index in [1.165, 1.54) is 33.9 Å². The fourth-order valence-corrected chi connectivity index (χ4v) is 5.77. The first-order chi connectivity index (χ1) is 25.7. The van der Waals surface area contributed by atoms with Gasteiger partial charge in [0, 0.05) is 55.6 Å². The van der Waals surface area contributed by atoms with Gasteiger partial charge < -0.3 is 4.90 Å². The van der Waals surface area contributed by atoms with Crippen molar-refractivity contribution in [2.45, 2.75) is 13.1 Å². The van der Waals surface area contributed by atoms with Crippen LogP contribution in [0, 0.1) is 11.6 Å². The van der Waals surface area contributed by atoms with Crippen molar-refractivity contribution in [1.82, 2.24) is 34.1 Å². The lowest BCUT2D eigenvalue weighted by Crippen LogP contribution is -2.21. The number of rotatable bonds is 7. The number of hydrogen-bond donors (Lipinski definition) is 0. The number of benzene rings is 3. The molecule has 0 aliphatic heterocycles. The van der Waals surface area contributed by atoms with Crippen molar-refractivity contribution < 1.29 is 8.78 Å². The van der Waals surface area contributed by atoms with Gasteiger partial charge in [-0.2, -0.15) is 0 Å². The highest BCUT2D eigenvalue weighted by atomic mass is 19.1. The molecule has 0 N–H and O–H groups in total. The molecule has 0 aliphatic rings. The van der Waals surface area contributed by atoms with Gasteiger partial charge in [0.2, 0.25) is 0 Å². The third-order valence-corrected chi connectivity index (χ3v) is 8.67. The van der Waals surface area contributed by atoms with Crippen molar-refractivity contribution in [2.75, 3.05) is 19.0 Å². The first-order valence-corrected chi connectivity index (χ1v) is 16.6. The van der Waals surface area contributed by atoms with Gasteiger partial charge in [-0.15, -0.1) is 0 Å². The molecule has 12 heteroatoms. The van der Waals surface area contributed by atoms with Crippen molar-refractivity contribution in [3.63, 3.8) is 0 Å². The monoisotopic (exact) mass is 706 g/mol. The molecule has 3 aromatic carbocycles. The summed E-state index contributed by atoms with van der Waals surface area (Å²) in [4.78, 5) is 47.8. The summed E-state index contributed by atoms with van der Waals surface area (Å²) in [6, 6.07) is 27.9. The molecule has 262 valence electrons. The number of aromatic nitrogens is 7. The molecule has 0 saturated carbocycles. The molecule has 10 nitrogen and oxygen atoms in total. The number of halogens is 2. The lowest BCUT2D eigenvalue weighted by atomic mass is 10.0. The zero-order valence-corrected chi connectivity index (χ0v) is 28.8. The third kappa shape index (κ3) is 7.57.